The molecule has 29 heavy (non-hydrogen) atoms. The van der Waals surface area contributed by atoms with E-state index in [1.165, 1.54) is 11.1 Å². The maximum Gasteiger partial charge on any atom is 0.310 e. The van der Waals surface area contributed by atoms with E-state index in [-0.39, 0.29) is 23.2 Å². The number of esters is 1. The van der Waals surface area contributed by atoms with Crippen molar-refractivity contribution in [2.24, 2.45) is 11.8 Å². The van der Waals surface area contributed by atoms with Crippen LogP contribution in [0.4, 0.5) is 0 Å². The van der Waals surface area contributed by atoms with Crippen molar-refractivity contribution in [3.63, 3.8) is 0 Å². The third kappa shape index (κ3) is 3.57. The molecule has 2 atom stereocenters. The number of carbonyl (C=O) groups is 1. The molecule has 3 aromatic carbocycles. The molecule has 1 aliphatic rings. The summed E-state index contributed by atoms with van der Waals surface area (Å²) in [6.45, 7) is 2.24. The molecule has 1 aliphatic carbocycles. The van der Waals surface area contributed by atoms with E-state index in [1.54, 1.807) is 0 Å². The second-order valence-electron chi connectivity index (χ2n) is 7.38. The minimum Gasteiger partial charge on any atom is -0.466 e. The fraction of sp³-hybridized carbons (Fsp3) is 0.222. The van der Waals surface area contributed by atoms with Crippen molar-refractivity contribution in [1.29, 1.82) is 0 Å². The van der Waals surface area contributed by atoms with Crippen molar-refractivity contribution in [1.82, 2.24) is 0 Å². The molecule has 144 valence electrons. The first kappa shape index (κ1) is 19.0. The lowest BCUT2D eigenvalue weighted by Gasteiger charge is -2.52. The summed E-state index contributed by atoms with van der Waals surface area (Å²) < 4.78 is 5.39. The van der Waals surface area contributed by atoms with Crippen LogP contribution in [0.25, 0.3) is 0 Å². The molecule has 2 heteroatoms. The van der Waals surface area contributed by atoms with Crippen molar-refractivity contribution < 1.29 is 9.53 Å². The van der Waals surface area contributed by atoms with Crippen molar-refractivity contribution in [2.45, 2.75) is 18.8 Å². The van der Waals surface area contributed by atoms with Gasteiger partial charge in [0.25, 0.3) is 0 Å². The van der Waals surface area contributed by atoms with Crippen LogP contribution in [-0.4, -0.2) is 12.6 Å². The van der Waals surface area contributed by atoms with Crippen molar-refractivity contribution in [2.75, 3.05) is 6.61 Å². The van der Waals surface area contributed by atoms with E-state index in [2.05, 4.69) is 60.4 Å². The quantitative estimate of drug-likeness (QED) is 0.458. The highest BCUT2D eigenvalue weighted by molar-refractivity contribution is 5.77. The summed E-state index contributed by atoms with van der Waals surface area (Å²) in [5.41, 5.74) is 3.03. The molecule has 0 heterocycles. The van der Waals surface area contributed by atoms with Crippen LogP contribution in [0.3, 0.4) is 0 Å². The normalized spacial score (nSPS) is 19.3. The molecule has 4 rings (SSSR count). The summed E-state index contributed by atoms with van der Waals surface area (Å²) in [4.78, 5) is 12.7. The van der Waals surface area contributed by atoms with Gasteiger partial charge in [-0.25, -0.2) is 0 Å². The predicted molar refractivity (Wildman–Crippen MR) is 115 cm³/mol. The first-order valence-electron chi connectivity index (χ1n) is 10.1. The Morgan fingerprint density at radius 3 is 1.93 bits per heavy atom. The smallest absolute Gasteiger partial charge is 0.310 e. The Morgan fingerprint density at radius 2 is 1.41 bits per heavy atom. The van der Waals surface area contributed by atoms with Gasteiger partial charge >= 0.3 is 5.97 Å². The zero-order chi connectivity index (χ0) is 20.1. The molecular weight excluding hydrogens is 356 g/mol. The van der Waals surface area contributed by atoms with Gasteiger partial charge in [0, 0.05) is 16.9 Å². The highest BCUT2D eigenvalue weighted by Gasteiger charge is 2.58. The topological polar surface area (TPSA) is 26.3 Å². The van der Waals surface area contributed by atoms with E-state index >= 15 is 0 Å². The average Bonchev–Trinajstić information content (AvgIpc) is 2.76. The van der Waals surface area contributed by atoms with E-state index < -0.39 is 0 Å². The summed E-state index contributed by atoms with van der Waals surface area (Å²) in [7, 11) is 0. The van der Waals surface area contributed by atoms with Crippen LogP contribution in [0.5, 0.6) is 0 Å². The average molecular weight is 380 g/mol. The zero-order valence-corrected chi connectivity index (χ0v) is 16.5. The Morgan fingerprint density at radius 1 is 0.897 bits per heavy atom. The first-order chi connectivity index (χ1) is 14.3. The fourth-order valence-corrected chi connectivity index (χ4v) is 4.38. The van der Waals surface area contributed by atoms with Gasteiger partial charge in [-0.2, -0.15) is 0 Å². The molecule has 2 nitrogen and oxygen atoms in total. The molecule has 0 aliphatic heterocycles. The molecule has 0 bridgehead atoms. The van der Waals surface area contributed by atoms with Crippen LogP contribution in [-0.2, 0) is 14.9 Å². The Bertz CT molecular complexity index is 974. The molecule has 1 saturated carbocycles. The Hall–Kier alpha value is -3.31. The van der Waals surface area contributed by atoms with Crippen LogP contribution >= 0.6 is 0 Å². The second-order valence-corrected chi connectivity index (χ2v) is 7.38. The summed E-state index contributed by atoms with van der Waals surface area (Å²) in [5.74, 6) is 6.24. The van der Waals surface area contributed by atoms with Gasteiger partial charge < -0.3 is 4.74 Å². The molecule has 1 fully saturated rings. The number of carbonyl (C=O) groups excluding carboxylic acids is 1. The van der Waals surface area contributed by atoms with E-state index in [0.717, 1.165) is 5.56 Å². The maximum absolute atomic E-state index is 12.7. The number of ether oxygens (including phenoxy) is 1. The van der Waals surface area contributed by atoms with Gasteiger partial charge in [0.05, 0.1) is 12.5 Å². The largest absolute Gasteiger partial charge is 0.466 e. The molecule has 0 aromatic heterocycles. The standard InChI is InChI=1S/C27H24O2/c1-2-29-26(28)24-20-27(22-14-8-4-9-15-22,23-16-10-5-11-17-23)25(24)19-18-21-12-6-3-7-13-21/h3-17,24-25H,2,20H2,1H3. The van der Waals surface area contributed by atoms with Crippen LogP contribution in [0.15, 0.2) is 91.0 Å². The van der Waals surface area contributed by atoms with Gasteiger partial charge in [-0.3, -0.25) is 4.79 Å². The summed E-state index contributed by atoms with van der Waals surface area (Å²) in [6, 6.07) is 30.8. The number of benzene rings is 3. The highest BCUT2D eigenvalue weighted by atomic mass is 16.5. The molecule has 0 N–H and O–H groups in total. The highest BCUT2D eigenvalue weighted by Crippen LogP contribution is 2.57. The Labute approximate surface area is 172 Å². The molecule has 0 amide bonds. The Balaban J connectivity index is 1.83. The zero-order valence-electron chi connectivity index (χ0n) is 16.5. The van der Waals surface area contributed by atoms with Crippen LogP contribution in [0, 0.1) is 23.7 Å². The molecule has 0 saturated heterocycles. The van der Waals surface area contributed by atoms with Crippen molar-refractivity contribution in [3.8, 4) is 11.8 Å². The molecule has 3 aromatic rings. The van der Waals surface area contributed by atoms with E-state index in [9.17, 15) is 4.79 Å². The van der Waals surface area contributed by atoms with Crippen molar-refractivity contribution in [3.05, 3.63) is 108 Å². The molecule has 0 spiro atoms. The van der Waals surface area contributed by atoms with Gasteiger partial charge in [0.2, 0.25) is 0 Å². The Kier molecular flexibility index (Phi) is 5.49. The van der Waals surface area contributed by atoms with Gasteiger partial charge in [-0.1, -0.05) is 90.7 Å². The number of rotatable bonds is 4. The summed E-state index contributed by atoms with van der Waals surface area (Å²) in [6.07, 6.45) is 0.702. The van der Waals surface area contributed by atoms with E-state index in [4.69, 9.17) is 4.74 Å². The lowest BCUT2D eigenvalue weighted by Crippen LogP contribution is -2.54. The summed E-state index contributed by atoms with van der Waals surface area (Å²) in [5, 5.41) is 0. The van der Waals surface area contributed by atoms with Gasteiger partial charge in [0.15, 0.2) is 0 Å². The van der Waals surface area contributed by atoms with Crippen LogP contribution in [0.1, 0.15) is 30.0 Å². The minimum atomic E-state index is -0.318. The molecule has 0 radical (unpaired) electrons. The fourth-order valence-electron chi connectivity index (χ4n) is 4.38. The third-order valence-electron chi connectivity index (χ3n) is 5.79. The second kappa shape index (κ2) is 8.37. The van der Waals surface area contributed by atoms with E-state index in [0.29, 0.717) is 13.0 Å². The SMILES string of the molecule is CCOC(=O)C1CC(c2ccccc2)(c2ccccc2)C1C#Cc1ccccc1. The van der Waals surface area contributed by atoms with Crippen LogP contribution in [0.2, 0.25) is 0 Å². The van der Waals surface area contributed by atoms with Gasteiger partial charge in [-0.05, 0) is 36.6 Å². The lowest BCUT2D eigenvalue weighted by atomic mass is 9.48. The minimum absolute atomic E-state index is 0.147. The monoisotopic (exact) mass is 380 g/mol. The van der Waals surface area contributed by atoms with Crippen molar-refractivity contribution >= 4 is 5.97 Å². The molecular formula is C27H24O2. The number of hydrogen-bond donors (Lipinski definition) is 0. The first-order valence-corrected chi connectivity index (χ1v) is 10.1. The van der Waals surface area contributed by atoms with Gasteiger partial charge in [-0.15, -0.1) is 0 Å². The lowest BCUT2D eigenvalue weighted by molar-refractivity contribution is -0.155. The third-order valence-corrected chi connectivity index (χ3v) is 5.79. The predicted octanol–water partition coefficient (Wildman–Crippen LogP) is 5.22. The van der Waals surface area contributed by atoms with E-state index in [1.807, 2.05) is 49.4 Å². The molecule has 2 unspecified atom stereocenters. The van der Waals surface area contributed by atoms with Gasteiger partial charge in [0.1, 0.15) is 0 Å². The van der Waals surface area contributed by atoms with Crippen LogP contribution < -0.4 is 0 Å². The number of hydrogen-bond acceptors (Lipinski definition) is 2. The maximum atomic E-state index is 12.7. The summed E-state index contributed by atoms with van der Waals surface area (Å²) >= 11 is 0.